The summed E-state index contributed by atoms with van der Waals surface area (Å²) in [6, 6.07) is 20.3. The summed E-state index contributed by atoms with van der Waals surface area (Å²) in [5.74, 6) is 0.640. The van der Waals surface area contributed by atoms with E-state index >= 15 is 0 Å². The zero-order valence-corrected chi connectivity index (χ0v) is 11.7. The molecule has 102 valence electrons. The van der Waals surface area contributed by atoms with E-state index in [2.05, 4.69) is 31.2 Å². The third kappa shape index (κ3) is 2.46. The van der Waals surface area contributed by atoms with E-state index in [-0.39, 0.29) is 11.8 Å². The van der Waals surface area contributed by atoms with Gasteiger partial charge in [0.1, 0.15) is 0 Å². The van der Waals surface area contributed by atoms with E-state index in [0.29, 0.717) is 12.5 Å². The minimum atomic E-state index is 0.0138. The molecule has 1 aliphatic rings. The summed E-state index contributed by atoms with van der Waals surface area (Å²) in [4.78, 5) is 14.6. The average Bonchev–Trinajstić information content (AvgIpc) is 2.75. The van der Waals surface area contributed by atoms with Crippen molar-refractivity contribution >= 4 is 5.91 Å². The van der Waals surface area contributed by atoms with Crippen LogP contribution < -0.4 is 0 Å². The van der Waals surface area contributed by atoms with Gasteiger partial charge < -0.3 is 4.90 Å². The Hall–Kier alpha value is -2.09. The third-order valence-electron chi connectivity index (χ3n) is 4.03. The van der Waals surface area contributed by atoms with Gasteiger partial charge in [0, 0.05) is 13.1 Å². The number of likely N-dealkylation sites (tertiary alicyclic amines) is 1. The summed E-state index contributed by atoms with van der Waals surface area (Å²) in [5, 5.41) is 0. The molecular formula is C18H19NO. The summed E-state index contributed by atoms with van der Waals surface area (Å²) in [6.45, 7) is 3.72. The number of hydrogen-bond acceptors (Lipinski definition) is 1. The number of benzene rings is 2. The number of hydrogen-bond donors (Lipinski definition) is 0. The lowest BCUT2D eigenvalue weighted by atomic mass is 9.90. The molecule has 2 atom stereocenters. The van der Waals surface area contributed by atoms with Gasteiger partial charge in [-0.2, -0.15) is 0 Å². The molecule has 0 spiro atoms. The third-order valence-corrected chi connectivity index (χ3v) is 4.03. The van der Waals surface area contributed by atoms with Crippen molar-refractivity contribution in [2.45, 2.75) is 19.4 Å². The molecule has 1 amide bonds. The molecule has 2 aromatic carbocycles. The molecule has 0 N–H and O–H groups in total. The van der Waals surface area contributed by atoms with Crippen LogP contribution >= 0.6 is 0 Å². The lowest BCUT2D eigenvalue weighted by Gasteiger charge is -2.16. The topological polar surface area (TPSA) is 20.3 Å². The van der Waals surface area contributed by atoms with Crippen molar-refractivity contribution in [2.24, 2.45) is 5.92 Å². The lowest BCUT2D eigenvalue weighted by Crippen LogP contribution is -2.26. The minimum Gasteiger partial charge on any atom is -0.338 e. The first-order chi connectivity index (χ1) is 9.75. The highest BCUT2D eigenvalue weighted by Gasteiger charge is 2.38. The van der Waals surface area contributed by atoms with Gasteiger partial charge in [-0.3, -0.25) is 4.79 Å². The van der Waals surface area contributed by atoms with Crippen LogP contribution in [0, 0.1) is 5.92 Å². The highest BCUT2D eigenvalue weighted by atomic mass is 16.2. The fraction of sp³-hybridized carbons (Fsp3) is 0.278. The number of nitrogens with zero attached hydrogens (tertiary/aromatic N) is 1. The van der Waals surface area contributed by atoms with Gasteiger partial charge in [-0.1, -0.05) is 67.6 Å². The summed E-state index contributed by atoms with van der Waals surface area (Å²) in [7, 11) is 0. The van der Waals surface area contributed by atoms with Crippen LogP contribution in [0.25, 0.3) is 0 Å². The highest BCUT2D eigenvalue weighted by Crippen LogP contribution is 2.34. The van der Waals surface area contributed by atoms with Crippen LogP contribution in [0.2, 0.25) is 0 Å². The molecule has 0 unspecified atom stereocenters. The van der Waals surface area contributed by atoms with E-state index in [1.807, 2.05) is 41.3 Å². The second kappa shape index (κ2) is 5.49. The first kappa shape index (κ1) is 12.9. The predicted molar refractivity (Wildman–Crippen MR) is 80.2 cm³/mol. The fourth-order valence-corrected chi connectivity index (χ4v) is 3.06. The van der Waals surface area contributed by atoms with Crippen molar-refractivity contribution in [3.05, 3.63) is 71.8 Å². The number of carbonyl (C=O) groups is 1. The quantitative estimate of drug-likeness (QED) is 0.832. The highest BCUT2D eigenvalue weighted by molar-refractivity contribution is 5.86. The first-order valence-corrected chi connectivity index (χ1v) is 7.13. The van der Waals surface area contributed by atoms with Crippen molar-refractivity contribution in [3.63, 3.8) is 0 Å². The Bertz CT molecular complexity index is 579. The molecule has 3 rings (SSSR count). The second-order valence-corrected chi connectivity index (χ2v) is 5.57. The van der Waals surface area contributed by atoms with E-state index in [1.165, 1.54) is 5.56 Å². The molecule has 0 aliphatic carbocycles. The SMILES string of the molecule is C[C@@H]1CN(Cc2ccccc2)C(=O)[C@H]1c1ccccc1. The predicted octanol–water partition coefficient (Wildman–Crippen LogP) is 3.45. The summed E-state index contributed by atoms with van der Waals surface area (Å²) >= 11 is 0. The summed E-state index contributed by atoms with van der Waals surface area (Å²) in [6.07, 6.45) is 0. The van der Waals surface area contributed by atoms with Crippen LogP contribution in [-0.2, 0) is 11.3 Å². The first-order valence-electron chi connectivity index (χ1n) is 7.13. The maximum absolute atomic E-state index is 12.6. The molecule has 1 saturated heterocycles. The molecule has 0 saturated carbocycles. The van der Waals surface area contributed by atoms with Crippen molar-refractivity contribution in [1.82, 2.24) is 4.90 Å². The molecule has 2 aromatic rings. The number of amides is 1. The van der Waals surface area contributed by atoms with Gasteiger partial charge >= 0.3 is 0 Å². The maximum Gasteiger partial charge on any atom is 0.230 e. The summed E-state index contributed by atoms with van der Waals surface area (Å²) < 4.78 is 0. The largest absolute Gasteiger partial charge is 0.338 e. The van der Waals surface area contributed by atoms with Crippen LogP contribution in [0.15, 0.2) is 60.7 Å². The van der Waals surface area contributed by atoms with Gasteiger partial charge in [-0.15, -0.1) is 0 Å². The molecule has 20 heavy (non-hydrogen) atoms. The normalized spacial score (nSPS) is 22.2. The molecule has 2 nitrogen and oxygen atoms in total. The van der Waals surface area contributed by atoms with Gasteiger partial charge in [-0.25, -0.2) is 0 Å². The van der Waals surface area contributed by atoms with Crippen LogP contribution in [0.5, 0.6) is 0 Å². The summed E-state index contributed by atoms with van der Waals surface area (Å²) in [5.41, 5.74) is 2.34. The standard InChI is InChI=1S/C18H19NO/c1-14-12-19(13-15-8-4-2-5-9-15)18(20)17(14)16-10-6-3-7-11-16/h2-11,14,17H,12-13H2,1H3/t14-,17-/m1/s1. The van der Waals surface area contributed by atoms with E-state index < -0.39 is 0 Å². The minimum absolute atomic E-state index is 0.0138. The molecule has 1 aliphatic heterocycles. The second-order valence-electron chi connectivity index (χ2n) is 5.57. The zero-order valence-electron chi connectivity index (χ0n) is 11.7. The molecule has 2 heteroatoms. The molecular weight excluding hydrogens is 246 g/mol. The molecule has 1 heterocycles. The average molecular weight is 265 g/mol. The molecule has 0 bridgehead atoms. The Balaban J connectivity index is 1.79. The van der Waals surface area contributed by atoms with Crippen molar-refractivity contribution < 1.29 is 4.79 Å². The Labute approximate surface area is 120 Å². The van der Waals surface area contributed by atoms with Gasteiger partial charge in [0.2, 0.25) is 5.91 Å². The van der Waals surface area contributed by atoms with E-state index in [1.54, 1.807) is 0 Å². The van der Waals surface area contributed by atoms with Crippen LogP contribution in [-0.4, -0.2) is 17.4 Å². The molecule has 0 radical (unpaired) electrons. The monoisotopic (exact) mass is 265 g/mol. The van der Waals surface area contributed by atoms with Crippen molar-refractivity contribution in [3.8, 4) is 0 Å². The van der Waals surface area contributed by atoms with Crippen molar-refractivity contribution in [2.75, 3.05) is 6.54 Å². The van der Waals surface area contributed by atoms with E-state index in [0.717, 1.165) is 12.1 Å². The van der Waals surface area contributed by atoms with Gasteiger partial charge in [0.25, 0.3) is 0 Å². The van der Waals surface area contributed by atoms with Crippen molar-refractivity contribution in [1.29, 1.82) is 0 Å². The molecule has 1 fully saturated rings. The smallest absolute Gasteiger partial charge is 0.230 e. The van der Waals surface area contributed by atoms with Gasteiger partial charge in [0.05, 0.1) is 5.92 Å². The zero-order chi connectivity index (χ0) is 13.9. The van der Waals surface area contributed by atoms with Crippen LogP contribution in [0.4, 0.5) is 0 Å². The molecule has 0 aromatic heterocycles. The van der Waals surface area contributed by atoms with Gasteiger partial charge in [0.15, 0.2) is 0 Å². The van der Waals surface area contributed by atoms with Crippen LogP contribution in [0.3, 0.4) is 0 Å². The van der Waals surface area contributed by atoms with Gasteiger partial charge in [-0.05, 0) is 17.0 Å². The Morgan fingerprint density at radius 2 is 1.60 bits per heavy atom. The Kier molecular flexibility index (Phi) is 3.55. The van der Waals surface area contributed by atoms with E-state index in [9.17, 15) is 4.79 Å². The van der Waals surface area contributed by atoms with Crippen LogP contribution in [0.1, 0.15) is 24.0 Å². The Morgan fingerprint density at radius 3 is 2.25 bits per heavy atom. The Morgan fingerprint density at radius 1 is 1.00 bits per heavy atom. The van der Waals surface area contributed by atoms with E-state index in [4.69, 9.17) is 0 Å². The fourth-order valence-electron chi connectivity index (χ4n) is 3.06. The number of carbonyl (C=O) groups excluding carboxylic acids is 1. The maximum atomic E-state index is 12.6. The number of rotatable bonds is 3. The lowest BCUT2D eigenvalue weighted by molar-refractivity contribution is -0.129.